The number of thiazole rings is 1. The van der Waals surface area contributed by atoms with Crippen LogP contribution in [0.1, 0.15) is 40.8 Å². The Morgan fingerprint density at radius 1 is 1.32 bits per heavy atom. The fraction of sp³-hybridized carbons (Fsp3) is 0.389. The van der Waals surface area contributed by atoms with Crippen LogP contribution in [0.5, 0.6) is 0 Å². The minimum atomic E-state index is -0.412. The number of carbonyl (C=O) groups is 2. The molecule has 0 unspecified atom stereocenters. The van der Waals surface area contributed by atoms with E-state index in [0.717, 1.165) is 28.4 Å². The van der Waals surface area contributed by atoms with E-state index < -0.39 is 5.97 Å². The predicted molar refractivity (Wildman–Crippen MR) is 101 cm³/mol. The van der Waals surface area contributed by atoms with Gasteiger partial charge in [0, 0.05) is 16.0 Å². The SMILES string of the molecule is CCCCOC(=O)CNC(=O)c1ccccc1SCc1csc(C)n1. The molecule has 7 heteroatoms. The van der Waals surface area contributed by atoms with Gasteiger partial charge in [-0.25, -0.2) is 4.98 Å². The van der Waals surface area contributed by atoms with E-state index >= 15 is 0 Å². The minimum absolute atomic E-state index is 0.118. The molecule has 2 rings (SSSR count). The highest BCUT2D eigenvalue weighted by atomic mass is 32.2. The Kier molecular flexibility index (Phi) is 7.94. The van der Waals surface area contributed by atoms with Gasteiger partial charge in [-0.05, 0) is 25.5 Å². The number of esters is 1. The number of unbranched alkanes of at least 4 members (excludes halogenated alkanes) is 1. The molecule has 0 spiro atoms. The highest BCUT2D eigenvalue weighted by Crippen LogP contribution is 2.26. The topological polar surface area (TPSA) is 68.3 Å². The molecule has 1 heterocycles. The second kappa shape index (κ2) is 10.2. The number of nitrogens with zero attached hydrogens (tertiary/aromatic N) is 1. The molecule has 0 atom stereocenters. The first-order chi connectivity index (χ1) is 12.1. The molecule has 1 aromatic carbocycles. The van der Waals surface area contributed by atoms with E-state index in [1.165, 1.54) is 0 Å². The fourth-order valence-corrected chi connectivity index (χ4v) is 3.70. The average Bonchev–Trinajstić information content (AvgIpc) is 3.04. The number of rotatable bonds is 9. The number of nitrogens with one attached hydrogen (secondary N) is 1. The van der Waals surface area contributed by atoms with Crippen molar-refractivity contribution in [1.29, 1.82) is 0 Å². The smallest absolute Gasteiger partial charge is 0.325 e. The van der Waals surface area contributed by atoms with Gasteiger partial charge in [0.1, 0.15) is 6.54 Å². The standard InChI is InChI=1S/C18H22N2O3S2/c1-3-4-9-23-17(21)10-19-18(22)15-7-5-6-8-16(15)25-12-14-11-24-13(2)20-14/h5-8,11H,3-4,9-10,12H2,1-2H3,(H,19,22). The average molecular weight is 379 g/mol. The minimum Gasteiger partial charge on any atom is -0.464 e. The molecule has 0 saturated carbocycles. The lowest BCUT2D eigenvalue weighted by atomic mass is 10.2. The highest BCUT2D eigenvalue weighted by Gasteiger charge is 2.13. The van der Waals surface area contributed by atoms with Crippen LogP contribution in [0.3, 0.4) is 0 Å². The Hall–Kier alpha value is -1.86. The molecule has 0 aliphatic carbocycles. The maximum Gasteiger partial charge on any atom is 0.325 e. The summed E-state index contributed by atoms with van der Waals surface area (Å²) in [6.07, 6.45) is 1.79. The lowest BCUT2D eigenvalue weighted by molar-refractivity contribution is -0.142. The molecule has 5 nitrogen and oxygen atoms in total. The van der Waals surface area contributed by atoms with E-state index in [4.69, 9.17) is 4.74 Å². The molecule has 0 radical (unpaired) electrons. The van der Waals surface area contributed by atoms with Gasteiger partial charge in [0.25, 0.3) is 5.91 Å². The van der Waals surface area contributed by atoms with E-state index in [-0.39, 0.29) is 12.5 Å². The number of amides is 1. The van der Waals surface area contributed by atoms with Gasteiger partial charge < -0.3 is 10.1 Å². The zero-order valence-electron chi connectivity index (χ0n) is 14.4. The summed E-state index contributed by atoms with van der Waals surface area (Å²) in [5.74, 6) is 0.0168. The second-order valence-electron chi connectivity index (χ2n) is 5.40. The molecule has 25 heavy (non-hydrogen) atoms. The van der Waals surface area contributed by atoms with Crippen LogP contribution < -0.4 is 5.32 Å². The van der Waals surface area contributed by atoms with Crippen molar-refractivity contribution in [3.63, 3.8) is 0 Å². The van der Waals surface area contributed by atoms with Gasteiger partial charge in [-0.3, -0.25) is 9.59 Å². The zero-order chi connectivity index (χ0) is 18.1. The van der Waals surface area contributed by atoms with Crippen molar-refractivity contribution in [2.24, 2.45) is 0 Å². The molecule has 1 aromatic heterocycles. The van der Waals surface area contributed by atoms with E-state index in [2.05, 4.69) is 10.3 Å². The van der Waals surface area contributed by atoms with Crippen LogP contribution in [0, 0.1) is 6.92 Å². The van der Waals surface area contributed by atoms with E-state index in [9.17, 15) is 9.59 Å². The maximum absolute atomic E-state index is 12.4. The van der Waals surface area contributed by atoms with Crippen molar-refractivity contribution >= 4 is 35.0 Å². The molecule has 0 saturated heterocycles. The molecule has 1 amide bonds. The Morgan fingerprint density at radius 2 is 2.12 bits per heavy atom. The Morgan fingerprint density at radius 3 is 2.84 bits per heavy atom. The van der Waals surface area contributed by atoms with Gasteiger partial charge >= 0.3 is 5.97 Å². The molecular weight excluding hydrogens is 356 g/mol. The van der Waals surface area contributed by atoms with Crippen molar-refractivity contribution in [1.82, 2.24) is 10.3 Å². The molecule has 0 bridgehead atoms. The van der Waals surface area contributed by atoms with Gasteiger partial charge in [0.2, 0.25) is 0 Å². The Bertz CT molecular complexity index is 716. The van der Waals surface area contributed by atoms with Crippen LogP contribution in [0.2, 0.25) is 0 Å². The Labute approximate surface area is 156 Å². The molecule has 0 fully saturated rings. The van der Waals surface area contributed by atoms with Gasteiger partial charge in [-0.2, -0.15) is 0 Å². The van der Waals surface area contributed by atoms with Crippen LogP contribution >= 0.6 is 23.1 Å². The quantitative estimate of drug-likeness (QED) is 0.408. The van der Waals surface area contributed by atoms with Gasteiger partial charge in [0.05, 0.1) is 22.9 Å². The maximum atomic E-state index is 12.4. The predicted octanol–water partition coefficient (Wildman–Crippen LogP) is 3.82. The molecule has 134 valence electrons. The summed E-state index contributed by atoms with van der Waals surface area (Å²) in [5.41, 5.74) is 1.56. The third-order valence-corrected chi connectivity index (χ3v) is 5.26. The highest BCUT2D eigenvalue weighted by molar-refractivity contribution is 7.98. The van der Waals surface area contributed by atoms with Crippen LogP contribution in [0.25, 0.3) is 0 Å². The third kappa shape index (κ3) is 6.51. The van der Waals surface area contributed by atoms with E-state index in [1.807, 2.05) is 37.4 Å². The fourth-order valence-electron chi connectivity index (χ4n) is 2.04. The summed E-state index contributed by atoms with van der Waals surface area (Å²) in [6, 6.07) is 7.36. The number of carbonyl (C=O) groups excluding carboxylic acids is 2. The van der Waals surface area contributed by atoms with Gasteiger partial charge in [-0.1, -0.05) is 25.5 Å². The van der Waals surface area contributed by atoms with Crippen LogP contribution in [-0.2, 0) is 15.3 Å². The number of hydrogen-bond acceptors (Lipinski definition) is 6. The number of benzene rings is 1. The first-order valence-corrected chi connectivity index (χ1v) is 10.0. The van der Waals surface area contributed by atoms with E-state index in [0.29, 0.717) is 17.9 Å². The summed E-state index contributed by atoms with van der Waals surface area (Å²) < 4.78 is 5.04. The zero-order valence-corrected chi connectivity index (χ0v) is 16.0. The van der Waals surface area contributed by atoms with Crippen LogP contribution in [-0.4, -0.2) is 30.0 Å². The van der Waals surface area contributed by atoms with Crippen molar-refractivity contribution in [2.75, 3.05) is 13.2 Å². The first-order valence-electron chi connectivity index (χ1n) is 8.16. The van der Waals surface area contributed by atoms with Crippen molar-refractivity contribution in [3.8, 4) is 0 Å². The molecular formula is C18H22N2O3S2. The van der Waals surface area contributed by atoms with Gasteiger partial charge in [-0.15, -0.1) is 23.1 Å². The van der Waals surface area contributed by atoms with Crippen LogP contribution in [0.4, 0.5) is 0 Å². The van der Waals surface area contributed by atoms with Crippen molar-refractivity contribution in [2.45, 2.75) is 37.3 Å². The number of hydrogen-bond donors (Lipinski definition) is 1. The van der Waals surface area contributed by atoms with Crippen molar-refractivity contribution in [3.05, 3.63) is 45.9 Å². The first kappa shape index (κ1) is 19.5. The molecule has 1 N–H and O–H groups in total. The second-order valence-corrected chi connectivity index (χ2v) is 7.48. The summed E-state index contributed by atoms with van der Waals surface area (Å²) in [6.45, 7) is 4.27. The summed E-state index contributed by atoms with van der Waals surface area (Å²) >= 11 is 3.17. The lowest BCUT2D eigenvalue weighted by Crippen LogP contribution is -2.31. The van der Waals surface area contributed by atoms with E-state index in [1.54, 1.807) is 29.2 Å². The number of aryl methyl sites for hydroxylation is 1. The molecule has 0 aliphatic rings. The number of thioether (sulfide) groups is 1. The molecule has 2 aromatic rings. The summed E-state index contributed by atoms with van der Waals surface area (Å²) in [7, 11) is 0. The Balaban J connectivity index is 1.89. The number of aromatic nitrogens is 1. The van der Waals surface area contributed by atoms with Crippen molar-refractivity contribution < 1.29 is 14.3 Å². The summed E-state index contributed by atoms with van der Waals surface area (Å²) in [4.78, 5) is 29.3. The normalized spacial score (nSPS) is 10.5. The summed E-state index contributed by atoms with van der Waals surface area (Å²) in [5, 5.41) is 5.68. The number of ether oxygens (including phenoxy) is 1. The molecule has 0 aliphatic heterocycles. The monoisotopic (exact) mass is 378 g/mol. The lowest BCUT2D eigenvalue weighted by Gasteiger charge is -2.09. The van der Waals surface area contributed by atoms with Gasteiger partial charge in [0.15, 0.2) is 0 Å². The van der Waals surface area contributed by atoms with Crippen LogP contribution in [0.15, 0.2) is 34.5 Å². The largest absolute Gasteiger partial charge is 0.464 e. The third-order valence-electron chi connectivity index (χ3n) is 3.33.